The maximum Gasteiger partial charge on any atom is 0.233 e. The number of rotatable bonds is 3. The highest BCUT2D eigenvalue weighted by atomic mass is 35.5. The van der Waals surface area contributed by atoms with Gasteiger partial charge in [0, 0.05) is 6.54 Å². The summed E-state index contributed by atoms with van der Waals surface area (Å²) in [6.45, 7) is 0.238. The van der Waals surface area contributed by atoms with E-state index in [1.54, 1.807) is 0 Å². The normalized spacial score (nSPS) is 7.78. The minimum atomic E-state index is -0.237. The van der Waals surface area contributed by atoms with Crippen molar-refractivity contribution in [2.75, 3.05) is 19.7 Å². The van der Waals surface area contributed by atoms with Gasteiger partial charge in [0.15, 0.2) is 0 Å². The van der Waals surface area contributed by atoms with Gasteiger partial charge in [-0.15, -0.1) is 12.4 Å². The van der Waals surface area contributed by atoms with Gasteiger partial charge >= 0.3 is 0 Å². The molecule has 0 aromatic heterocycles. The second-order valence-corrected chi connectivity index (χ2v) is 1.28. The molecule has 0 aliphatic carbocycles. The van der Waals surface area contributed by atoms with Gasteiger partial charge in [-0.2, -0.15) is 0 Å². The summed E-state index contributed by atoms with van der Waals surface area (Å²) < 4.78 is 0. The molecule has 0 aromatic rings. The molecule has 1 amide bonds. The van der Waals surface area contributed by atoms with E-state index >= 15 is 0 Å². The van der Waals surface area contributed by atoms with Gasteiger partial charge in [-0.25, -0.2) is 0 Å². The number of amides is 1. The Labute approximate surface area is 59.8 Å². The summed E-state index contributed by atoms with van der Waals surface area (Å²) in [7, 11) is 0. The summed E-state index contributed by atoms with van der Waals surface area (Å²) in [6.07, 6.45) is 0. The van der Waals surface area contributed by atoms with Crippen molar-refractivity contribution in [2.24, 2.45) is 5.73 Å². The molecule has 0 unspecified atom stereocenters. The van der Waals surface area contributed by atoms with Crippen LogP contribution < -0.4 is 11.1 Å². The molecule has 0 aliphatic heterocycles. The summed E-state index contributed by atoms with van der Waals surface area (Å²) in [5.41, 5.74) is 4.92. The standard InChI is InChI=1S/C4H10N2O2.ClH/c5-3-4(8)6-1-2-7;/h7H,1-3,5H2,(H,6,8);1H. The van der Waals surface area contributed by atoms with Crippen LogP contribution >= 0.6 is 12.4 Å². The summed E-state index contributed by atoms with van der Waals surface area (Å²) in [4.78, 5) is 10.2. The lowest BCUT2D eigenvalue weighted by Gasteiger charge is -1.96. The van der Waals surface area contributed by atoms with E-state index in [9.17, 15) is 4.79 Å². The Morgan fingerprint density at radius 3 is 2.56 bits per heavy atom. The quantitative estimate of drug-likeness (QED) is 0.462. The van der Waals surface area contributed by atoms with E-state index in [0.29, 0.717) is 0 Å². The number of carbonyl (C=O) groups is 1. The van der Waals surface area contributed by atoms with E-state index in [0.717, 1.165) is 0 Å². The molecule has 4 N–H and O–H groups in total. The van der Waals surface area contributed by atoms with Gasteiger partial charge in [-0.3, -0.25) is 4.79 Å². The van der Waals surface area contributed by atoms with Crippen molar-refractivity contribution in [2.45, 2.75) is 0 Å². The average Bonchev–Trinajstić information content (AvgIpc) is 1.83. The summed E-state index contributed by atoms with van der Waals surface area (Å²) in [6, 6.07) is 0. The molecule has 0 saturated carbocycles. The second kappa shape index (κ2) is 7.68. The predicted octanol–water partition coefficient (Wildman–Crippen LogP) is -1.52. The van der Waals surface area contributed by atoms with Crippen LogP contribution in [0.1, 0.15) is 0 Å². The Balaban J connectivity index is 0. The molecule has 0 fully saturated rings. The molecule has 0 heterocycles. The Kier molecular flexibility index (Phi) is 9.79. The van der Waals surface area contributed by atoms with E-state index < -0.39 is 0 Å². The summed E-state index contributed by atoms with van der Waals surface area (Å²) in [5, 5.41) is 10.5. The lowest BCUT2D eigenvalue weighted by molar-refractivity contribution is -0.119. The third kappa shape index (κ3) is 7.68. The molecule has 0 aliphatic rings. The van der Waals surface area contributed by atoms with Crippen LogP contribution in [0, 0.1) is 0 Å². The van der Waals surface area contributed by atoms with Crippen LogP contribution in [-0.2, 0) is 4.79 Å². The van der Waals surface area contributed by atoms with Crippen molar-refractivity contribution in [3.05, 3.63) is 0 Å². The second-order valence-electron chi connectivity index (χ2n) is 1.28. The third-order valence-electron chi connectivity index (χ3n) is 0.619. The molecular weight excluding hydrogens is 144 g/mol. The summed E-state index contributed by atoms with van der Waals surface area (Å²) in [5.74, 6) is -0.237. The van der Waals surface area contributed by atoms with Crippen molar-refractivity contribution in [1.82, 2.24) is 5.32 Å². The van der Waals surface area contributed by atoms with Gasteiger partial charge in [-0.1, -0.05) is 0 Å². The minimum absolute atomic E-state index is 0. The number of hydrogen-bond donors (Lipinski definition) is 3. The molecule has 4 nitrogen and oxygen atoms in total. The molecule has 0 spiro atoms. The van der Waals surface area contributed by atoms with Crippen LogP contribution in [0.25, 0.3) is 0 Å². The predicted molar refractivity (Wildman–Crippen MR) is 36.4 cm³/mol. The number of nitrogens with two attached hydrogens (primary N) is 1. The van der Waals surface area contributed by atoms with Gasteiger partial charge in [0.25, 0.3) is 0 Å². The monoisotopic (exact) mass is 154 g/mol. The van der Waals surface area contributed by atoms with Gasteiger partial charge < -0.3 is 16.2 Å². The molecule has 0 radical (unpaired) electrons. The fourth-order valence-electron chi connectivity index (χ4n) is 0.267. The fourth-order valence-corrected chi connectivity index (χ4v) is 0.267. The maximum atomic E-state index is 10.2. The molecule has 5 heteroatoms. The highest BCUT2D eigenvalue weighted by molar-refractivity contribution is 5.85. The zero-order valence-electron chi connectivity index (χ0n) is 4.96. The van der Waals surface area contributed by atoms with Crippen LogP contribution in [0.15, 0.2) is 0 Å². The van der Waals surface area contributed by atoms with Crippen LogP contribution in [-0.4, -0.2) is 30.7 Å². The number of carbonyl (C=O) groups excluding carboxylic acids is 1. The zero-order chi connectivity index (χ0) is 6.41. The first-order chi connectivity index (χ1) is 3.81. The lowest BCUT2D eigenvalue weighted by Crippen LogP contribution is -2.32. The van der Waals surface area contributed by atoms with Crippen molar-refractivity contribution in [1.29, 1.82) is 0 Å². The lowest BCUT2D eigenvalue weighted by atomic mass is 10.6. The first-order valence-corrected chi connectivity index (χ1v) is 2.39. The zero-order valence-corrected chi connectivity index (χ0v) is 5.78. The minimum Gasteiger partial charge on any atom is -0.395 e. The van der Waals surface area contributed by atoms with Gasteiger partial charge in [0.2, 0.25) is 5.91 Å². The van der Waals surface area contributed by atoms with Crippen molar-refractivity contribution < 1.29 is 9.90 Å². The molecule has 56 valence electrons. The smallest absolute Gasteiger partial charge is 0.233 e. The van der Waals surface area contributed by atoms with E-state index in [1.165, 1.54) is 0 Å². The molecular formula is C4H11ClN2O2. The number of halogens is 1. The van der Waals surface area contributed by atoms with Crippen molar-refractivity contribution in [3.8, 4) is 0 Å². The van der Waals surface area contributed by atoms with E-state index in [1.807, 2.05) is 0 Å². The maximum absolute atomic E-state index is 10.2. The van der Waals surface area contributed by atoms with Crippen molar-refractivity contribution >= 4 is 18.3 Å². The van der Waals surface area contributed by atoms with E-state index in [4.69, 9.17) is 10.8 Å². The average molecular weight is 155 g/mol. The number of aliphatic hydroxyl groups is 1. The first kappa shape index (κ1) is 11.5. The Morgan fingerprint density at radius 2 is 2.22 bits per heavy atom. The van der Waals surface area contributed by atoms with Crippen LogP contribution in [0.4, 0.5) is 0 Å². The molecule has 0 saturated heterocycles. The Hall–Kier alpha value is -0.320. The van der Waals surface area contributed by atoms with Crippen LogP contribution in [0.2, 0.25) is 0 Å². The molecule has 0 aromatic carbocycles. The number of nitrogens with one attached hydrogen (secondary N) is 1. The molecule has 0 rings (SSSR count). The summed E-state index contributed by atoms with van der Waals surface area (Å²) >= 11 is 0. The van der Waals surface area contributed by atoms with Gasteiger partial charge in [0.1, 0.15) is 0 Å². The van der Waals surface area contributed by atoms with Gasteiger partial charge in [-0.05, 0) is 0 Å². The number of aliphatic hydroxyl groups excluding tert-OH is 1. The SMILES string of the molecule is Cl.NCC(=O)NCCO. The van der Waals surface area contributed by atoms with Crippen LogP contribution in [0.5, 0.6) is 0 Å². The highest BCUT2D eigenvalue weighted by Crippen LogP contribution is 1.57. The van der Waals surface area contributed by atoms with Crippen LogP contribution in [0.3, 0.4) is 0 Å². The largest absolute Gasteiger partial charge is 0.395 e. The van der Waals surface area contributed by atoms with Crippen molar-refractivity contribution in [3.63, 3.8) is 0 Å². The molecule has 0 bridgehead atoms. The fraction of sp³-hybridized carbons (Fsp3) is 0.750. The highest BCUT2D eigenvalue weighted by Gasteiger charge is 1.91. The third-order valence-corrected chi connectivity index (χ3v) is 0.619. The molecule has 0 atom stereocenters. The topological polar surface area (TPSA) is 75.4 Å². The molecule has 9 heavy (non-hydrogen) atoms. The Bertz CT molecular complexity index is 79.0. The van der Waals surface area contributed by atoms with E-state index in [2.05, 4.69) is 5.32 Å². The van der Waals surface area contributed by atoms with Gasteiger partial charge in [0.05, 0.1) is 13.2 Å². The Morgan fingerprint density at radius 1 is 1.67 bits per heavy atom. The first-order valence-electron chi connectivity index (χ1n) is 2.39. The number of hydrogen-bond acceptors (Lipinski definition) is 3. The van der Waals surface area contributed by atoms with E-state index in [-0.39, 0.29) is 38.0 Å².